The molecule has 0 aliphatic rings. The third-order valence-corrected chi connectivity index (χ3v) is 3.89. The zero-order chi connectivity index (χ0) is 15.4. The minimum absolute atomic E-state index is 0.00388. The van der Waals surface area contributed by atoms with E-state index in [0.29, 0.717) is 5.56 Å². The molecule has 0 radical (unpaired) electrons. The molecule has 0 amide bonds. The van der Waals surface area contributed by atoms with Crippen molar-refractivity contribution in [2.45, 2.75) is 26.9 Å². The lowest BCUT2D eigenvalue weighted by Crippen LogP contribution is -2.30. The first-order chi connectivity index (χ1) is 10.0. The molecule has 2 rings (SSSR count). The Morgan fingerprint density at radius 2 is 1.38 bits per heavy atom. The summed E-state index contributed by atoms with van der Waals surface area (Å²) in [5.41, 5.74) is 2.87. The topological polar surface area (TPSA) is 37.3 Å². The maximum Gasteiger partial charge on any atom is 0.168 e. The molecule has 1 N–H and O–H groups in total. The second-order valence-electron chi connectivity index (χ2n) is 5.83. The maximum absolute atomic E-state index is 12.4. The molecule has 2 aromatic rings. The van der Waals surface area contributed by atoms with Gasteiger partial charge in [-0.25, -0.2) is 0 Å². The minimum atomic E-state index is -0.605. The Morgan fingerprint density at radius 1 is 0.857 bits per heavy atom. The number of rotatable bonds is 5. The van der Waals surface area contributed by atoms with Gasteiger partial charge in [0.05, 0.1) is 6.10 Å². The van der Waals surface area contributed by atoms with Crippen molar-refractivity contribution in [1.29, 1.82) is 0 Å². The lowest BCUT2D eigenvalue weighted by molar-refractivity contribution is 0.0552. The predicted octanol–water partition coefficient (Wildman–Crippen LogP) is 4.19. The minimum Gasteiger partial charge on any atom is -0.392 e. The van der Waals surface area contributed by atoms with Gasteiger partial charge in [0.15, 0.2) is 5.78 Å². The van der Waals surface area contributed by atoms with Crippen LogP contribution in [0.25, 0.3) is 11.1 Å². The average molecular weight is 282 g/mol. The fourth-order valence-electron chi connectivity index (χ4n) is 2.45. The summed E-state index contributed by atoms with van der Waals surface area (Å²) in [7, 11) is 0. The average Bonchev–Trinajstić information content (AvgIpc) is 2.53. The van der Waals surface area contributed by atoms with E-state index in [1.807, 2.05) is 68.4 Å². The van der Waals surface area contributed by atoms with Crippen LogP contribution in [0, 0.1) is 11.8 Å². The van der Waals surface area contributed by atoms with Crippen LogP contribution in [0.4, 0.5) is 0 Å². The van der Waals surface area contributed by atoms with E-state index in [1.54, 1.807) is 6.92 Å². The van der Waals surface area contributed by atoms with Crippen molar-refractivity contribution in [2.24, 2.45) is 11.8 Å². The molecule has 0 aliphatic heterocycles. The largest absolute Gasteiger partial charge is 0.392 e. The quantitative estimate of drug-likeness (QED) is 0.835. The van der Waals surface area contributed by atoms with Crippen molar-refractivity contribution in [3.8, 4) is 11.1 Å². The molecule has 2 nitrogen and oxygen atoms in total. The Hall–Kier alpha value is -1.93. The Balaban J connectivity index is 2.17. The fourth-order valence-corrected chi connectivity index (χ4v) is 2.45. The van der Waals surface area contributed by atoms with Crippen LogP contribution in [-0.4, -0.2) is 17.0 Å². The van der Waals surface area contributed by atoms with E-state index in [0.717, 1.165) is 11.1 Å². The number of hydrogen-bond donors (Lipinski definition) is 1. The van der Waals surface area contributed by atoms with Crippen molar-refractivity contribution < 1.29 is 9.90 Å². The van der Waals surface area contributed by atoms with E-state index < -0.39 is 6.10 Å². The molecule has 0 saturated heterocycles. The molecule has 0 bridgehead atoms. The van der Waals surface area contributed by atoms with Crippen LogP contribution >= 0.6 is 0 Å². The number of carbonyl (C=O) groups is 1. The summed E-state index contributed by atoms with van der Waals surface area (Å²) in [6.07, 6.45) is -0.605. The summed E-state index contributed by atoms with van der Waals surface area (Å²) >= 11 is 0. The van der Waals surface area contributed by atoms with E-state index in [1.165, 1.54) is 0 Å². The first-order valence-electron chi connectivity index (χ1n) is 7.38. The SMILES string of the molecule is CC(C)C(O)C(C)C(=O)c1ccc(-c2ccccc2)cc1. The van der Waals surface area contributed by atoms with E-state index in [-0.39, 0.29) is 17.6 Å². The number of Topliss-reactive ketones (excluding diaryl/α,β-unsaturated/α-hetero) is 1. The van der Waals surface area contributed by atoms with Gasteiger partial charge in [0.2, 0.25) is 0 Å². The monoisotopic (exact) mass is 282 g/mol. The molecular formula is C19H22O2. The Bertz CT molecular complexity index is 585. The van der Waals surface area contributed by atoms with Crippen LogP contribution in [0.1, 0.15) is 31.1 Å². The van der Waals surface area contributed by atoms with Crippen LogP contribution in [-0.2, 0) is 0 Å². The van der Waals surface area contributed by atoms with Crippen LogP contribution in [0.15, 0.2) is 54.6 Å². The van der Waals surface area contributed by atoms with Crippen molar-refractivity contribution >= 4 is 5.78 Å². The van der Waals surface area contributed by atoms with Gasteiger partial charge in [-0.2, -0.15) is 0 Å². The smallest absolute Gasteiger partial charge is 0.168 e. The lowest BCUT2D eigenvalue weighted by atomic mass is 9.88. The summed E-state index contributed by atoms with van der Waals surface area (Å²) < 4.78 is 0. The molecular weight excluding hydrogens is 260 g/mol. The summed E-state index contributed by atoms with van der Waals surface area (Å²) in [5, 5.41) is 10.0. The number of aliphatic hydroxyl groups is 1. The first kappa shape index (κ1) is 15.5. The highest BCUT2D eigenvalue weighted by Gasteiger charge is 2.25. The second kappa shape index (κ2) is 6.68. The molecule has 110 valence electrons. The van der Waals surface area contributed by atoms with Crippen LogP contribution in [0.2, 0.25) is 0 Å². The number of ketones is 1. The van der Waals surface area contributed by atoms with Gasteiger partial charge < -0.3 is 5.11 Å². The highest BCUT2D eigenvalue weighted by atomic mass is 16.3. The summed E-state index contributed by atoms with van der Waals surface area (Å²) in [4.78, 5) is 12.4. The van der Waals surface area contributed by atoms with Crippen LogP contribution in [0.5, 0.6) is 0 Å². The van der Waals surface area contributed by atoms with E-state index >= 15 is 0 Å². The predicted molar refractivity (Wildman–Crippen MR) is 86.2 cm³/mol. The lowest BCUT2D eigenvalue weighted by Gasteiger charge is -2.21. The van der Waals surface area contributed by atoms with Crippen LogP contribution < -0.4 is 0 Å². The van der Waals surface area contributed by atoms with Crippen molar-refractivity contribution in [2.75, 3.05) is 0 Å². The highest BCUT2D eigenvalue weighted by Crippen LogP contribution is 2.22. The maximum atomic E-state index is 12.4. The number of aliphatic hydroxyl groups excluding tert-OH is 1. The van der Waals surface area contributed by atoms with E-state index in [2.05, 4.69) is 0 Å². The molecule has 0 fully saturated rings. The number of carbonyl (C=O) groups excluding carboxylic acids is 1. The van der Waals surface area contributed by atoms with Crippen molar-refractivity contribution in [3.05, 3.63) is 60.2 Å². The summed E-state index contributed by atoms with van der Waals surface area (Å²) in [6.45, 7) is 5.64. The van der Waals surface area contributed by atoms with Crippen molar-refractivity contribution in [1.82, 2.24) is 0 Å². The zero-order valence-corrected chi connectivity index (χ0v) is 12.8. The van der Waals surface area contributed by atoms with Gasteiger partial charge in [0.25, 0.3) is 0 Å². The Kier molecular flexibility index (Phi) is 4.92. The normalized spacial score (nSPS) is 14.0. The van der Waals surface area contributed by atoms with E-state index in [4.69, 9.17) is 0 Å². The van der Waals surface area contributed by atoms with Gasteiger partial charge in [-0.1, -0.05) is 75.4 Å². The fraction of sp³-hybridized carbons (Fsp3) is 0.316. The molecule has 0 spiro atoms. The third kappa shape index (κ3) is 3.59. The molecule has 0 saturated carbocycles. The molecule has 0 aromatic heterocycles. The number of benzene rings is 2. The van der Waals surface area contributed by atoms with Gasteiger partial charge in [-0.3, -0.25) is 4.79 Å². The standard InChI is InChI=1S/C19H22O2/c1-13(2)18(20)14(3)19(21)17-11-9-16(10-12-17)15-7-5-4-6-8-15/h4-14,18,20H,1-3H3. The molecule has 2 heteroatoms. The summed E-state index contributed by atoms with van der Waals surface area (Å²) in [6, 6.07) is 17.7. The second-order valence-corrected chi connectivity index (χ2v) is 5.83. The third-order valence-electron chi connectivity index (χ3n) is 3.89. The first-order valence-corrected chi connectivity index (χ1v) is 7.38. The van der Waals surface area contributed by atoms with Gasteiger partial charge >= 0.3 is 0 Å². The highest BCUT2D eigenvalue weighted by molar-refractivity contribution is 5.98. The Labute approximate surface area is 126 Å². The molecule has 0 heterocycles. The van der Waals surface area contributed by atoms with Gasteiger partial charge in [0, 0.05) is 11.5 Å². The van der Waals surface area contributed by atoms with Gasteiger partial charge in [0.1, 0.15) is 0 Å². The molecule has 2 unspecified atom stereocenters. The molecule has 2 atom stereocenters. The van der Waals surface area contributed by atoms with E-state index in [9.17, 15) is 9.90 Å². The summed E-state index contributed by atoms with van der Waals surface area (Å²) in [5.74, 6) is -0.309. The molecule has 2 aromatic carbocycles. The Morgan fingerprint density at radius 3 is 1.90 bits per heavy atom. The van der Waals surface area contributed by atoms with Crippen LogP contribution in [0.3, 0.4) is 0 Å². The number of hydrogen-bond acceptors (Lipinski definition) is 2. The van der Waals surface area contributed by atoms with Gasteiger partial charge in [-0.05, 0) is 17.0 Å². The molecule has 0 aliphatic carbocycles. The zero-order valence-electron chi connectivity index (χ0n) is 12.8. The molecule has 21 heavy (non-hydrogen) atoms. The van der Waals surface area contributed by atoms with Crippen molar-refractivity contribution in [3.63, 3.8) is 0 Å². The van der Waals surface area contributed by atoms with Gasteiger partial charge in [-0.15, -0.1) is 0 Å².